The van der Waals surface area contributed by atoms with Crippen LogP contribution in [-0.4, -0.2) is 94.2 Å². The molecule has 1 fully saturated rings. The molecule has 0 amide bonds. The van der Waals surface area contributed by atoms with Gasteiger partial charge in [0, 0.05) is 19.3 Å². The minimum atomic E-state index is -4.30. The van der Waals surface area contributed by atoms with Crippen LogP contribution in [0, 0.1) is 11.8 Å². The van der Waals surface area contributed by atoms with Crippen molar-refractivity contribution in [2.45, 2.75) is 31.2 Å². The van der Waals surface area contributed by atoms with Crippen LogP contribution in [0.1, 0.15) is 26.3 Å². The van der Waals surface area contributed by atoms with Crippen molar-refractivity contribution in [1.82, 2.24) is 24.9 Å². The molecule has 0 spiro atoms. The largest absolute Gasteiger partial charge is 0.493 e. The van der Waals surface area contributed by atoms with E-state index >= 15 is 0 Å². The van der Waals surface area contributed by atoms with Crippen LogP contribution in [-0.2, 0) is 20.2 Å². The molecule has 0 bridgehead atoms. The van der Waals surface area contributed by atoms with Gasteiger partial charge in [-0.15, -0.1) is 0 Å². The van der Waals surface area contributed by atoms with Crippen LogP contribution in [0.4, 0.5) is 11.8 Å². The van der Waals surface area contributed by atoms with E-state index in [1.165, 1.54) is 39.7 Å². The first kappa shape index (κ1) is 36.7. The van der Waals surface area contributed by atoms with Gasteiger partial charge in [-0.25, -0.2) is 4.98 Å². The fourth-order valence-corrected chi connectivity index (χ4v) is 5.54. The van der Waals surface area contributed by atoms with Crippen LogP contribution >= 0.6 is 0 Å². The Morgan fingerprint density at radius 2 is 1.53 bits per heavy atom. The van der Waals surface area contributed by atoms with E-state index in [-0.39, 0.29) is 70.6 Å². The zero-order chi connectivity index (χ0) is 36.4. The summed E-state index contributed by atoms with van der Waals surface area (Å²) in [6.07, 6.45) is 1.45. The molecule has 1 aliphatic heterocycles. The van der Waals surface area contributed by atoms with Crippen molar-refractivity contribution in [2.75, 3.05) is 70.5 Å². The molecule has 1 saturated heterocycles. The minimum Gasteiger partial charge on any atom is -0.493 e. The van der Waals surface area contributed by atoms with Crippen molar-refractivity contribution in [3.8, 4) is 52.7 Å². The van der Waals surface area contributed by atoms with Gasteiger partial charge >= 0.3 is 6.01 Å². The normalized spacial score (nSPS) is 13.0. The van der Waals surface area contributed by atoms with E-state index in [4.69, 9.17) is 33.2 Å². The number of aromatic nitrogens is 5. The highest BCUT2D eigenvalue weighted by Gasteiger charge is 2.28. The number of nitrogens with one attached hydrogen (secondary N) is 1. The molecular formula is C34H39N7O9S. The highest BCUT2D eigenvalue weighted by atomic mass is 32.2. The number of morpholine rings is 1. The summed E-state index contributed by atoms with van der Waals surface area (Å²) in [6.45, 7) is 7.44. The maximum atomic E-state index is 13.9. The van der Waals surface area contributed by atoms with E-state index in [2.05, 4.69) is 41.5 Å². The average molecular weight is 722 g/mol. The molecule has 51 heavy (non-hydrogen) atoms. The molecule has 1 aliphatic rings. The van der Waals surface area contributed by atoms with Gasteiger partial charge in [-0.1, -0.05) is 44.7 Å². The zero-order valence-electron chi connectivity index (χ0n) is 29.1. The Kier molecular flexibility index (Phi) is 11.8. The first-order valence-corrected chi connectivity index (χ1v) is 17.2. The monoisotopic (exact) mass is 721 g/mol. The Morgan fingerprint density at radius 1 is 0.863 bits per heavy atom. The molecule has 4 heterocycles. The minimum absolute atomic E-state index is 0.0133. The number of benzene rings is 1. The second-order valence-electron chi connectivity index (χ2n) is 11.8. The molecule has 3 aromatic heterocycles. The second-order valence-corrected chi connectivity index (χ2v) is 13.4. The van der Waals surface area contributed by atoms with Gasteiger partial charge in [-0.3, -0.25) is 4.72 Å². The van der Waals surface area contributed by atoms with Crippen molar-refractivity contribution in [1.29, 1.82) is 0 Å². The first-order chi connectivity index (χ1) is 24.5. The van der Waals surface area contributed by atoms with E-state index in [1.807, 2.05) is 25.7 Å². The smallest absolute Gasteiger partial charge is 0.324 e. The molecular weight excluding hydrogens is 682 g/mol. The van der Waals surface area contributed by atoms with E-state index < -0.39 is 10.0 Å². The molecule has 16 nitrogen and oxygen atoms in total. The molecule has 4 aromatic rings. The third-order valence-electron chi connectivity index (χ3n) is 7.26. The van der Waals surface area contributed by atoms with Crippen molar-refractivity contribution in [3.63, 3.8) is 0 Å². The van der Waals surface area contributed by atoms with Crippen molar-refractivity contribution < 1.29 is 41.6 Å². The topological polar surface area (TPSA) is 178 Å². The first-order valence-electron chi connectivity index (χ1n) is 15.7. The molecule has 1 N–H and O–H groups in total. The van der Waals surface area contributed by atoms with Gasteiger partial charge in [0.2, 0.25) is 23.5 Å². The summed E-state index contributed by atoms with van der Waals surface area (Å²) in [6, 6.07) is 11.7. The molecule has 270 valence electrons. The van der Waals surface area contributed by atoms with Crippen LogP contribution in [0.5, 0.6) is 40.9 Å². The molecule has 17 heteroatoms. The average Bonchev–Trinajstić information content (AvgIpc) is 3.13. The molecule has 0 aliphatic carbocycles. The Balaban J connectivity index is 1.50. The van der Waals surface area contributed by atoms with Crippen LogP contribution in [0.15, 0.2) is 53.7 Å². The van der Waals surface area contributed by atoms with E-state index in [0.29, 0.717) is 32.1 Å². The lowest BCUT2D eigenvalue weighted by Gasteiger charge is -2.28. The van der Waals surface area contributed by atoms with Gasteiger partial charge in [-0.2, -0.15) is 28.4 Å². The number of nitrogens with zero attached hydrogens (tertiary/aromatic N) is 6. The molecule has 0 saturated carbocycles. The van der Waals surface area contributed by atoms with Gasteiger partial charge in [0.25, 0.3) is 15.9 Å². The number of ether oxygens (including phenoxy) is 7. The Hall–Kier alpha value is -5.60. The summed E-state index contributed by atoms with van der Waals surface area (Å²) in [5.41, 5.74) is 0.453. The molecule has 1 aromatic carbocycles. The van der Waals surface area contributed by atoms with E-state index in [9.17, 15) is 8.42 Å². The molecule has 0 unspecified atom stereocenters. The SMILES string of the molecule is COc1cc(OC)nc(OCC#CCOc2nc(N3CCOCC3)nc(NS(=O)(=O)c3cc(C(C)(C)C)ccn3)c2Oc2ccccc2OC)n1. The lowest BCUT2D eigenvalue weighted by Crippen LogP contribution is -2.37. The fourth-order valence-electron chi connectivity index (χ4n) is 4.56. The summed E-state index contributed by atoms with van der Waals surface area (Å²) in [7, 11) is 0.114. The lowest BCUT2D eigenvalue weighted by atomic mass is 9.88. The number of hydrogen-bond acceptors (Lipinski definition) is 15. The molecule has 5 rings (SSSR count). The number of methoxy groups -OCH3 is 3. The third-order valence-corrected chi connectivity index (χ3v) is 8.50. The van der Waals surface area contributed by atoms with Crippen LogP contribution < -0.4 is 38.0 Å². The molecule has 0 atom stereocenters. The van der Waals surface area contributed by atoms with Crippen molar-refractivity contribution in [3.05, 3.63) is 54.2 Å². The van der Waals surface area contributed by atoms with Crippen LogP contribution in [0.2, 0.25) is 0 Å². The Bertz CT molecular complexity index is 1970. The van der Waals surface area contributed by atoms with Crippen LogP contribution in [0.3, 0.4) is 0 Å². The Morgan fingerprint density at radius 3 is 2.18 bits per heavy atom. The Labute approximate surface area is 296 Å². The number of sulfonamides is 1. The van der Waals surface area contributed by atoms with Gasteiger partial charge < -0.3 is 38.1 Å². The van der Waals surface area contributed by atoms with Gasteiger partial charge in [0.15, 0.2) is 35.6 Å². The lowest BCUT2D eigenvalue weighted by molar-refractivity contribution is 0.122. The number of pyridine rings is 1. The van der Waals surface area contributed by atoms with E-state index in [1.54, 1.807) is 30.3 Å². The zero-order valence-corrected chi connectivity index (χ0v) is 29.9. The maximum Gasteiger partial charge on any atom is 0.324 e. The summed E-state index contributed by atoms with van der Waals surface area (Å²) in [5.74, 6) is 6.64. The standard InChI is InChI=1S/C34H39N7O9S/c1-34(2,3)23-13-14-35-28(21-23)51(42,43)40-30-29(50-25-12-8-7-11-24(25)44-4)31(39-32(38-30)41-15-19-47-20-16-41)48-17-9-10-18-49-33-36-26(45-5)22-27(37-33)46-6/h7-8,11-14,21-22H,15-20H2,1-6H3,(H,38,39,40). The fraction of sp³-hybridized carbons (Fsp3) is 0.382. The number of hydrogen-bond donors (Lipinski definition) is 1. The predicted molar refractivity (Wildman–Crippen MR) is 186 cm³/mol. The van der Waals surface area contributed by atoms with Crippen molar-refractivity contribution >= 4 is 21.8 Å². The summed E-state index contributed by atoms with van der Waals surface area (Å²) < 4.78 is 69.5. The highest BCUT2D eigenvalue weighted by Crippen LogP contribution is 2.41. The quantitative estimate of drug-likeness (QED) is 0.197. The highest BCUT2D eigenvalue weighted by molar-refractivity contribution is 7.92. The van der Waals surface area contributed by atoms with Gasteiger partial charge in [0.1, 0.15) is 0 Å². The number of anilines is 2. The second kappa shape index (κ2) is 16.4. The number of para-hydroxylation sites is 2. The third kappa shape index (κ3) is 9.55. The van der Waals surface area contributed by atoms with Crippen molar-refractivity contribution in [2.24, 2.45) is 0 Å². The maximum absolute atomic E-state index is 13.9. The summed E-state index contributed by atoms with van der Waals surface area (Å²) in [4.78, 5) is 23.5. The number of rotatable bonds is 13. The summed E-state index contributed by atoms with van der Waals surface area (Å²) >= 11 is 0. The van der Waals surface area contributed by atoms with E-state index in [0.717, 1.165) is 5.56 Å². The predicted octanol–water partition coefficient (Wildman–Crippen LogP) is 3.88. The van der Waals surface area contributed by atoms with Gasteiger partial charge in [0.05, 0.1) is 40.6 Å². The van der Waals surface area contributed by atoms with Crippen LogP contribution in [0.25, 0.3) is 0 Å². The molecule has 0 radical (unpaired) electrons. The van der Waals surface area contributed by atoms with Gasteiger partial charge in [-0.05, 0) is 35.2 Å². The summed E-state index contributed by atoms with van der Waals surface area (Å²) in [5, 5.41) is -0.198.